The maximum absolute atomic E-state index is 12.9. The van der Waals surface area contributed by atoms with Gasteiger partial charge < -0.3 is 25.5 Å². The van der Waals surface area contributed by atoms with Crippen LogP contribution in [0.5, 0.6) is 0 Å². The summed E-state index contributed by atoms with van der Waals surface area (Å²) in [5.41, 5.74) is 7.11. The van der Waals surface area contributed by atoms with E-state index in [0.717, 1.165) is 31.7 Å². The van der Waals surface area contributed by atoms with E-state index in [0.29, 0.717) is 31.9 Å². The van der Waals surface area contributed by atoms with Gasteiger partial charge in [-0.15, -0.1) is 0 Å². The summed E-state index contributed by atoms with van der Waals surface area (Å²) in [6, 6.07) is 7.05. The third-order valence-corrected chi connectivity index (χ3v) is 7.08. The van der Waals surface area contributed by atoms with Crippen LogP contribution in [0.1, 0.15) is 5.56 Å². The largest absolute Gasteiger partial charge is 0.480 e. The SMILES string of the molecule is CN1CCN(C)CCN(CP(=O)(O)Cc2ccc(N)cc2)CCN(CC(=O)O)CC1.O=C=O.O=C=O. The number of carbonyl (C=O) groups excluding carboxylic acids is 4. The summed E-state index contributed by atoms with van der Waals surface area (Å²) >= 11 is 0. The van der Waals surface area contributed by atoms with Crippen LogP contribution in [0.4, 0.5) is 5.69 Å². The topological polar surface area (TPSA) is 182 Å². The molecule has 2 rings (SSSR count). The second kappa shape index (κ2) is 18.5. The van der Waals surface area contributed by atoms with Gasteiger partial charge in [0.25, 0.3) is 0 Å². The normalized spacial score (nSPS) is 18.3. The van der Waals surface area contributed by atoms with Crippen molar-refractivity contribution >= 4 is 31.3 Å². The number of carboxylic acid groups (broad SMARTS) is 1. The van der Waals surface area contributed by atoms with Crippen LogP contribution in [0, 0.1) is 0 Å². The molecule has 1 saturated heterocycles. The molecule has 14 heteroatoms. The number of nitrogens with zero attached hydrogens (tertiary/aromatic N) is 4. The molecule has 4 N–H and O–H groups in total. The van der Waals surface area contributed by atoms with Gasteiger partial charge >= 0.3 is 18.3 Å². The van der Waals surface area contributed by atoms with Gasteiger partial charge in [0.2, 0.25) is 7.37 Å². The molecule has 1 atom stereocenters. The summed E-state index contributed by atoms with van der Waals surface area (Å²) < 4.78 is 12.9. The summed E-state index contributed by atoms with van der Waals surface area (Å²) in [6.07, 6.45) is 0.690. The molecule has 0 radical (unpaired) electrons. The fraction of sp³-hybridized carbons (Fsp3) is 0.591. The molecule has 1 heterocycles. The predicted molar refractivity (Wildman–Crippen MR) is 130 cm³/mol. The summed E-state index contributed by atoms with van der Waals surface area (Å²) in [4.78, 5) is 62.7. The van der Waals surface area contributed by atoms with Gasteiger partial charge in [0.05, 0.1) is 19.0 Å². The molecule has 1 fully saturated rings. The second-order valence-corrected chi connectivity index (χ2v) is 10.7. The van der Waals surface area contributed by atoms with Crippen molar-refractivity contribution in [1.82, 2.24) is 19.6 Å². The lowest BCUT2D eigenvalue weighted by Crippen LogP contribution is -2.45. The monoisotopic (exact) mass is 529 g/mol. The van der Waals surface area contributed by atoms with E-state index in [2.05, 4.69) is 16.8 Å². The van der Waals surface area contributed by atoms with E-state index in [-0.39, 0.29) is 31.3 Å². The Morgan fingerprint density at radius 2 is 1.25 bits per heavy atom. The van der Waals surface area contributed by atoms with Crippen LogP contribution in [0.2, 0.25) is 0 Å². The van der Waals surface area contributed by atoms with Crippen LogP contribution in [-0.2, 0) is 34.7 Å². The highest BCUT2D eigenvalue weighted by Crippen LogP contribution is 2.45. The molecule has 1 aliphatic heterocycles. The van der Waals surface area contributed by atoms with E-state index in [1.807, 2.05) is 16.8 Å². The highest BCUT2D eigenvalue weighted by molar-refractivity contribution is 7.57. The Kier molecular flexibility index (Phi) is 17.1. The Morgan fingerprint density at radius 3 is 1.72 bits per heavy atom. The Morgan fingerprint density at radius 1 is 0.861 bits per heavy atom. The Bertz CT molecular complexity index is 877. The first-order valence-electron chi connectivity index (χ1n) is 11.1. The molecule has 1 unspecified atom stereocenters. The second-order valence-electron chi connectivity index (χ2n) is 8.45. The third kappa shape index (κ3) is 16.8. The first-order chi connectivity index (χ1) is 17.0. The number of nitrogen functional groups attached to an aromatic ring is 1. The van der Waals surface area contributed by atoms with Crippen LogP contribution in [-0.4, -0.2) is 127 Å². The van der Waals surface area contributed by atoms with E-state index in [1.54, 1.807) is 24.3 Å². The highest BCUT2D eigenvalue weighted by Gasteiger charge is 2.24. The molecule has 36 heavy (non-hydrogen) atoms. The van der Waals surface area contributed by atoms with Gasteiger partial charge in [0.1, 0.15) is 0 Å². The first kappa shape index (κ1) is 33.3. The fourth-order valence-corrected chi connectivity index (χ4v) is 5.25. The number of hydrogen-bond donors (Lipinski definition) is 3. The van der Waals surface area contributed by atoms with Crippen LogP contribution >= 0.6 is 7.37 Å². The van der Waals surface area contributed by atoms with E-state index < -0.39 is 13.3 Å². The molecular weight excluding hydrogens is 493 g/mol. The van der Waals surface area contributed by atoms with E-state index in [4.69, 9.17) is 24.9 Å². The van der Waals surface area contributed by atoms with Crippen molar-refractivity contribution in [2.24, 2.45) is 0 Å². The average Bonchev–Trinajstić information content (AvgIpc) is 2.79. The molecule has 1 aromatic rings. The molecule has 0 amide bonds. The number of anilines is 1. The lowest BCUT2D eigenvalue weighted by atomic mass is 10.2. The first-order valence-corrected chi connectivity index (χ1v) is 13.2. The maximum atomic E-state index is 12.9. The van der Waals surface area contributed by atoms with Crippen molar-refractivity contribution in [1.29, 1.82) is 0 Å². The highest BCUT2D eigenvalue weighted by atomic mass is 31.2. The third-order valence-electron chi connectivity index (χ3n) is 5.38. The summed E-state index contributed by atoms with van der Waals surface area (Å²) in [7, 11) is 0.673. The number of aliphatic carboxylic acids is 1. The summed E-state index contributed by atoms with van der Waals surface area (Å²) in [6.45, 7) is 5.76. The van der Waals surface area contributed by atoms with E-state index in [9.17, 15) is 19.4 Å². The fourth-order valence-electron chi connectivity index (χ4n) is 3.46. The van der Waals surface area contributed by atoms with Crippen molar-refractivity contribution in [2.45, 2.75) is 6.16 Å². The van der Waals surface area contributed by atoms with Gasteiger partial charge in [-0.25, -0.2) is 0 Å². The number of likely N-dealkylation sites (N-methyl/N-ethyl adjacent to an activating group) is 2. The molecule has 0 aromatic heterocycles. The van der Waals surface area contributed by atoms with Crippen LogP contribution in [0.15, 0.2) is 24.3 Å². The van der Waals surface area contributed by atoms with Crippen molar-refractivity contribution in [2.75, 3.05) is 85.0 Å². The minimum atomic E-state index is -3.43. The quantitative estimate of drug-likeness (QED) is 0.314. The summed E-state index contributed by atoms with van der Waals surface area (Å²) in [5, 5.41) is 9.22. The Balaban J connectivity index is 0.00000185. The maximum Gasteiger partial charge on any atom is 0.373 e. The Hall–Kier alpha value is -2.72. The van der Waals surface area contributed by atoms with Crippen molar-refractivity contribution < 1.29 is 38.5 Å². The van der Waals surface area contributed by atoms with Crippen LogP contribution < -0.4 is 5.73 Å². The summed E-state index contributed by atoms with van der Waals surface area (Å²) in [5.74, 6) is -0.854. The number of rotatable bonds is 6. The van der Waals surface area contributed by atoms with Crippen LogP contribution in [0.25, 0.3) is 0 Å². The molecule has 0 aliphatic carbocycles. The zero-order chi connectivity index (χ0) is 27.6. The molecule has 202 valence electrons. The van der Waals surface area contributed by atoms with Gasteiger partial charge in [-0.2, -0.15) is 19.2 Å². The number of benzene rings is 1. The minimum absolute atomic E-state index is 0.0240. The smallest absolute Gasteiger partial charge is 0.373 e. The van der Waals surface area contributed by atoms with Crippen molar-refractivity contribution in [3.05, 3.63) is 29.8 Å². The molecule has 0 saturated carbocycles. The van der Waals surface area contributed by atoms with Gasteiger partial charge in [-0.05, 0) is 31.8 Å². The zero-order valence-corrected chi connectivity index (χ0v) is 21.6. The molecule has 0 spiro atoms. The number of nitrogens with two attached hydrogens (primary N) is 1. The standard InChI is InChI=1S/C20H36N5O4P.2CO2/c1-22-7-8-23(2)10-12-25(14-13-24(11-9-22)15-20(26)27)17-30(28,29)16-18-3-5-19(21)6-4-18;2*2-1-3/h3-6H,7-17,21H2,1-2H3,(H,26,27)(H,28,29);;. The van der Waals surface area contributed by atoms with Gasteiger partial charge in [-0.1, -0.05) is 12.1 Å². The van der Waals surface area contributed by atoms with Crippen molar-refractivity contribution in [3.8, 4) is 0 Å². The lowest BCUT2D eigenvalue weighted by Gasteiger charge is -2.32. The molecule has 1 aromatic carbocycles. The molecule has 1 aliphatic rings. The molecular formula is C22H36N5O8P. The van der Waals surface area contributed by atoms with E-state index in [1.165, 1.54) is 0 Å². The number of hydrogen-bond acceptors (Lipinski definition) is 11. The molecule has 13 nitrogen and oxygen atoms in total. The van der Waals surface area contributed by atoms with Crippen LogP contribution in [0.3, 0.4) is 0 Å². The van der Waals surface area contributed by atoms with Gasteiger partial charge in [0.15, 0.2) is 0 Å². The van der Waals surface area contributed by atoms with E-state index >= 15 is 0 Å². The Labute approximate surface area is 210 Å². The van der Waals surface area contributed by atoms with Gasteiger partial charge in [-0.3, -0.25) is 19.2 Å². The lowest BCUT2D eigenvalue weighted by molar-refractivity contribution is -0.193. The number of carboxylic acids is 1. The van der Waals surface area contributed by atoms with Crippen molar-refractivity contribution in [3.63, 3.8) is 0 Å². The predicted octanol–water partition coefficient (Wildman–Crippen LogP) is -0.604. The minimum Gasteiger partial charge on any atom is -0.480 e. The molecule has 0 bridgehead atoms. The van der Waals surface area contributed by atoms with Gasteiger partial charge in [0, 0.05) is 58.0 Å². The average molecular weight is 530 g/mol. The zero-order valence-electron chi connectivity index (χ0n) is 20.7. The number of carbonyl (C=O) groups is 1.